The average molecular weight is 247 g/mol. The maximum atomic E-state index is 4.81. The number of aromatic nitrogens is 1. The van der Waals surface area contributed by atoms with Gasteiger partial charge in [0, 0.05) is 26.2 Å². The zero-order valence-electron chi connectivity index (χ0n) is 10.3. The summed E-state index contributed by atoms with van der Waals surface area (Å²) in [6.07, 6.45) is 0. The van der Waals surface area contributed by atoms with Crippen molar-refractivity contribution in [1.82, 2.24) is 10.3 Å². The number of rotatable bonds is 1. The van der Waals surface area contributed by atoms with E-state index in [4.69, 9.17) is 4.98 Å². The summed E-state index contributed by atoms with van der Waals surface area (Å²) in [6.45, 7) is 8.58. The van der Waals surface area contributed by atoms with Crippen LogP contribution in [0.2, 0.25) is 0 Å². The molecule has 0 radical (unpaired) electrons. The van der Waals surface area contributed by atoms with E-state index in [0.29, 0.717) is 0 Å². The molecule has 17 heavy (non-hydrogen) atoms. The lowest BCUT2D eigenvalue weighted by Crippen LogP contribution is -2.43. The van der Waals surface area contributed by atoms with Gasteiger partial charge in [-0.2, -0.15) is 0 Å². The molecule has 0 bridgehead atoms. The molecule has 1 aliphatic rings. The molecule has 90 valence electrons. The minimum Gasteiger partial charge on any atom is -0.346 e. The quantitative estimate of drug-likeness (QED) is 0.838. The molecule has 1 saturated heterocycles. The van der Waals surface area contributed by atoms with Gasteiger partial charge < -0.3 is 10.2 Å². The molecule has 2 heterocycles. The number of piperazine rings is 1. The summed E-state index contributed by atoms with van der Waals surface area (Å²) in [5, 5.41) is 4.55. The lowest BCUT2D eigenvalue weighted by atomic mass is 10.1. The van der Waals surface area contributed by atoms with Gasteiger partial charge in [-0.3, -0.25) is 0 Å². The number of nitrogens with one attached hydrogen (secondary N) is 1. The van der Waals surface area contributed by atoms with Crippen molar-refractivity contribution in [1.29, 1.82) is 0 Å². The summed E-state index contributed by atoms with van der Waals surface area (Å²) in [4.78, 5) is 7.20. The highest BCUT2D eigenvalue weighted by molar-refractivity contribution is 7.22. The van der Waals surface area contributed by atoms with Crippen molar-refractivity contribution < 1.29 is 0 Å². The van der Waals surface area contributed by atoms with Crippen molar-refractivity contribution in [2.45, 2.75) is 13.8 Å². The van der Waals surface area contributed by atoms with Crippen molar-refractivity contribution in [2.24, 2.45) is 0 Å². The van der Waals surface area contributed by atoms with Crippen molar-refractivity contribution in [2.75, 3.05) is 31.1 Å². The van der Waals surface area contributed by atoms with Crippen LogP contribution in [0.5, 0.6) is 0 Å². The van der Waals surface area contributed by atoms with Crippen molar-refractivity contribution in [3.05, 3.63) is 23.3 Å². The van der Waals surface area contributed by atoms with Crippen LogP contribution in [-0.4, -0.2) is 31.2 Å². The fourth-order valence-corrected chi connectivity index (χ4v) is 3.28. The van der Waals surface area contributed by atoms with Crippen molar-refractivity contribution >= 4 is 26.7 Å². The van der Waals surface area contributed by atoms with E-state index in [1.807, 2.05) is 11.3 Å². The summed E-state index contributed by atoms with van der Waals surface area (Å²) >= 11 is 1.81. The summed E-state index contributed by atoms with van der Waals surface area (Å²) in [5.74, 6) is 0. The number of hydrogen-bond acceptors (Lipinski definition) is 4. The molecule has 1 aliphatic heterocycles. The van der Waals surface area contributed by atoms with Crippen LogP contribution in [0.25, 0.3) is 10.2 Å². The number of aryl methyl sites for hydroxylation is 2. The molecule has 4 heteroatoms. The molecule has 1 N–H and O–H groups in total. The van der Waals surface area contributed by atoms with Crippen LogP contribution in [0.1, 0.15) is 11.1 Å². The van der Waals surface area contributed by atoms with Gasteiger partial charge in [-0.25, -0.2) is 4.98 Å². The van der Waals surface area contributed by atoms with E-state index in [9.17, 15) is 0 Å². The lowest BCUT2D eigenvalue weighted by molar-refractivity contribution is 0.588. The molecule has 1 aromatic carbocycles. The Balaban J connectivity index is 2.04. The largest absolute Gasteiger partial charge is 0.346 e. The molecule has 3 nitrogen and oxygen atoms in total. The molecule has 3 rings (SSSR count). The van der Waals surface area contributed by atoms with Crippen LogP contribution in [0.15, 0.2) is 12.1 Å². The first-order valence-corrected chi connectivity index (χ1v) is 6.90. The molecular weight excluding hydrogens is 230 g/mol. The SMILES string of the molecule is Cc1ccc2sc(N3CCNCC3)nc2c1C. The van der Waals surface area contributed by atoms with Crippen LogP contribution < -0.4 is 10.2 Å². The second-order valence-corrected chi connectivity index (χ2v) is 5.60. The fourth-order valence-electron chi connectivity index (χ4n) is 2.21. The zero-order chi connectivity index (χ0) is 11.8. The summed E-state index contributed by atoms with van der Waals surface area (Å²) in [5.41, 5.74) is 3.83. The van der Waals surface area contributed by atoms with Crippen LogP contribution in [-0.2, 0) is 0 Å². The van der Waals surface area contributed by atoms with E-state index in [1.165, 1.54) is 26.5 Å². The topological polar surface area (TPSA) is 28.2 Å². The second-order valence-electron chi connectivity index (χ2n) is 4.59. The van der Waals surface area contributed by atoms with Gasteiger partial charge in [0.15, 0.2) is 5.13 Å². The number of thiazole rings is 1. The highest BCUT2D eigenvalue weighted by Gasteiger charge is 2.15. The lowest BCUT2D eigenvalue weighted by Gasteiger charge is -2.26. The van der Waals surface area contributed by atoms with Gasteiger partial charge in [0.1, 0.15) is 0 Å². The van der Waals surface area contributed by atoms with E-state index in [2.05, 4.69) is 36.2 Å². The Bertz CT molecular complexity index is 541. The van der Waals surface area contributed by atoms with Gasteiger partial charge in [0.2, 0.25) is 0 Å². The van der Waals surface area contributed by atoms with Crippen molar-refractivity contribution in [3.63, 3.8) is 0 Å². The van der Waals surface area contributed by atoms with Gasteiger partial charge in [-0.15, -0.1) is 0 Å². The van der Waals surface area contributed by atoms with Crippen LogP contribution in [0, 0.1) is 13.8 Å². The van der Waals surface area contributed by atoms with Gasteiger partial charge in [0.05, 0.1) is 10.2 Å². The van der Waals surface area contributed by atoms with Gasteiger partial charge in [0.25, 0.3) is 0 Å². The molecule has 0 amide bonds. The molecule has 0 spiro atoms. The maximum absolute atomic E-state index is 4.81. The van der Waals surface area contributed by atoms with E-state index in [0.717, 1.165) is 26.2 Å². The Hall–Kier alpha value is -1.13. The number of nitrogens with zero attached hydrogens (tertiary/aromatic N) is 2. The van der Waals surface area contributed by atoms with E-state index >= 15 is 0 Å². The zero-order valence-corrected chi connectivity index (χ0v) is 11.1. The Kier molecular flexibility index (Phi) is 2.76. The first kappa shape index (κ1) is 11.0. The van der Waals surface area contributed by atoms with Gasteiger partial charge in [-0.05, 0) is 31.0 Å². The van der Waals surface area contributed by atoms with E-state index < -0.39 is 0 Å². The third-order valence-electron chi connectivity index (χ3n) is 3.46. The van der Waals surface area contributed by atoms with Crippen LogP contribution >= 0.6 is 11.3 Å². The number of benzene rings is 1. The monoisotopic (exact) mass is 247 g/mol. The predicted octanol–water partition coefficient (Wildman–Crippen LogP) is 2.32. The normalized spacial score (nSPS) is 16.7. The van der Waals surface area contributed by atoms with Crippen LogP contribution in [0.3, 0.4) is 0 Å². The average Bonchev–Trinajstić information content (AvgIpc) is 2.80. The molecule has 1 fully saturated rings. The fraction of sp³-hybridized carbons (Fsp3) is 0.462. The molecule has 0 unspecified atom stereocenters. The smallest absolute Gasteiger partial charge is 0.186 e. The Morgan fingerprint density at radius 1 is 1.24 bits per heavy atom. The van der Waals surface area contributed by atoms with E-state index in [1.54, 1.807) is 0 Å². The van der Waals surface area contributed by atoms with E-state index in [-0.39, 0.29) is 0 Å². The molecule has 1 aromatic heterocycles. The Labute approximate surface area is 105 Å². The first-order chi connectivity index (χ1) is 8.25. The van der Waals surface area contributed by atoms with Crippen molar-refractivity contribution in [3.8, 4) is 0 Å². The summed E-state index contributed by atoms with van der Waals surface area (Å²) < 4.78 is 1.31. The minimum atomic E-state index is 1.06. The maximum Gasteiger partial charge on any atom is 0.186 e. The molecule has 0 aliphatic carbocycles. The number of hydrogen-bond donors (Lipinski definition) is 1. The second kappa shape index (κ2) is 4.27. The standard InChI is InChI=1S/C13H17N3S/c1-9-3-4-11-12(10(9)2)15-13(17-11)16-7-5-14-6-8-16/h3-4,14H,5-8H2,1-2H3. The molecule has 0 saturated carbocycles. The summed E-state index contributed by atoms with van der Waals surface area (Å²) in [7, 11) is 0. The van der Waals surface area contributed by atoms with Gasteiger partial charge in [-0.1, -0.05) is 17.4 Å². The highest BCUT2D eigenvalue weighted by Crippen LogP contribution is 2.31. The molecule has 0 atom stereocenters. The third-order valence-corrected chi connectivity index (χ3v) is 4.54. The molecule has 2 aromatic rings. The first-order valence-electron chi connectivity index (χ1n) is 6.08. The van der Waals surface area contributed by atoms with Crippen LogP contribution in [0.4, 0.5) is 5.13 Å². The number of anilines is 1. The predicted molar refractivity (Wildman–Crippen MR) is 74.2 cm³/mol. The highest BCUT2D eigenvalue weighted by atomic mass is 32.1. The Morgan fingerprint density at radius 2 is 2.00 bits per heavy atom. The minimum absolute atomic E-state index is 1.06. The Morgan fingerprint density at radius 3 is 2.76 bits per heavy atom. The number of fused-ring (bicyclic) bond motifs is 1. The van der Waals surface area contributed by atoms with Gasteiger partial charge >= 0.3 is 0 Å². The summed E-state index contributed by atoms with van der Waals surface area (Å²) in [6, 6.07) is 4.39. The molecular formula is C13H17N3S. The third kappa shape index (κ3) is 1.91.